The Bertz CT molecular complexity index is 486. The van der Waals surface area contributed by atoms with E-state index in [0.717, 1.165) is 0 Å². The third-order valence-corrected chi connectivity index (χ3v) is 3.46. The van der Waals surface area contributed by atoms with Gasteiger partial charge in [-0.25, -0.2) is 4.79 Å². The molecule has 5 heteroatoms. The molecule has 0 radical (unpaired) electrons. The lowest BCUT2D eigenvalue weighted by Crippen LogP contribution is -2.40. The minimum absolute atomic E-state index is 0.0552. The van der Waals surface area contributed by atoms with Crippen molar-refractivity contribution in [3.63, 3.8) is 0 Å². The van der Waals surface area contributed by atoms with E-state index in [-0.39, 0.29) is 17.8 Å². The van der Waals surface area contributed by atoms with Crippen LogP contribution in [0.25, 0.3) is 0 Å². The van der Waals surface area contributed by atoms with E-state index < -0.39 is 6.04 Å². The maximum atomic E-state index is 12.2. The number of hydrogen-bond acceptors (Lipinski definition) is 3. The topological polar surface area (TPSA) is 46.6 Å². The number of nitrogens with zero attached hydrogens (tertiary/aromatic N) is 1. The second-order valence-electron chi connectivity index (χ2n) is 4.59. The zero-order valence-electron chi connectivity index (χ0n) is 10.9. The molecule has 0 spiro atoms. The van der Waals surface area contributed by atoms with Gasteiger partial charge in [-0.3, -0.25) is 9.69 Å². The van der Waals surface area contributed by atoms with E-state index in [2.05, 4.69) is 0 Å². The highest BCUT2D eigenvalue weighted by molar-refractivity contribution is 6.30. The van der Waals surface area contributed by atoms with Crippen LogP contribution in [0.15, 0.2) is 24.3 Å². The van der Waals surface area contributed by atoms with Crippen molar-refractivity contribution >= 4 is 29.2 Å². The van der Waals surface area contributed by atoms with Gasteiger partial charge in [-0.2, -0.15) is 0 Å². The van der Waals surface area contributed by atoms with Crippen molar-refractivity contribution in [2.75, 3.05) is 11.5 Å². The number of hydrogen-bond donors (Lipinski definition) is 0. The fraction of sp³-hybridized carbons (Fsp3) is 0.429. The van der Waals surface area contributed by atoms with E-state index in [4.69, 9.17) is 16.3 Å². The number of carbonyl (C=O) groups excluding carboxylic acids is 2. The summed E-state index contributed by atoms with van der Waals surface area (Å²) >= 11 is 5.84. The predicted molar refractivity (Wildman–Crippen MR) is 73.1 cm³/mol. The summed E-state index contributed by atoms with van der Waals surface area (Å²) in [6, 6.07) is 6.35. The molecule has 0 N–H and O–H groups in total. The van der Waals surface area contributed by atoms with Gasteiger partial charge in [0.1, 0.15) is 6.04 Å². The van der Waals surface area contributed by atoms with E-state index in [1.807, 2.05) is 6.92 Å². The first kappa shape index (κ1) is 13.9. The fourth-order valence-electron chi connectivity index (χ4n) is 2.28. The van der Waals surface area contributed by atoms with Gasteiger partial charge < -0.3 is 4.74 Å². The molecule has 2 atom stereocenters. The largest absolute Gasteiger partial charge is 0.464 e. The van der Waals surface area contributed by atoms with Gasteiger partial charge in [0.2, 0.25) is 5.91 Å². The minimum Gasteiger partial charge on any atom is -0.464 e. The molecule has 0 saturated carbocycles. The summed E-state index contributed by atoms with van der Waals surface area (Å²) in [4.78, 5) is 25.7. The van der Waals surface area contributed by atoms with Crippen LogP contribution in [-0.4, -0.2) is 24.5 Å². The van der Waals surface area contributed by atoms with Crippen molar-refractivity contribution in [1.82, 2.24) is 0 Å². The van der Waals surface area contributed by atoms with Gasteiger partial charge in [-0.1, -0.05) is 18.5 Å². The molecule has 19 heavy (non-hydrogen) atoms. The second kappa shape index (κ2) is 5.61. The summed E-state index contributed by atoms with van der Waals surface area (Å²) in [5.74, 6) is -0.583. The lowest BCUT2D eigenvalue weighted by atomic mass is 10.1. The zero-order chi connectivity index (χ0) is 14.0. The van der Waals surface area contributed by atoms with Gasteiger partial charge >= 0.3 is 5.97 Å². The quantitative estimate of drug-likeness (QED) is 0.800. The Balaban J connectivity index is 2.30. The van der Waals surface area contributed by atoms with Crippen LogP contribution in [0.2, 0.25) is 5.02 Å². The van der Waals surface area contributed by atoms with Crippen molar-refractivity contribution in [3.8, 4) is 0 Å². The van der Waals surface area contributed by atoms with Crippen LogP contribution < -0.4 is 4.90 Å². The highest BCUT2D eigenvalue weighted by atomic mass is 35.5. The molecule has 1 heterocycles. The Morgan fingerprint density at radius 2 is 2.05 bits per heavy atom. The summed E-state index contributed by atoms with van der Waals surface area (Å²) in [5, 5.41) is 0.594. The number of benzene rings is 1. The summed E-state index contributed by atoms with van der Waals surface area (Å²) in [5.41, 5.74) is 0.678. The average molecular weight is 282 g/mol. The van der Waals surface area contributed by atoms with E-state index in [9.17, 15) is 9.59 Å². The Labute approximate surface area is 117 Å². The van der Waals surface area contributed by atoms with Gasteiger partial charge in [0.15, 0.2) is 0 Å². The molecule has 1 aliphatic heterocycles. The Hall–Kier alpha value is -1.55. The maximum absolute atomic E-state index is 12.2. The van der Waals surface area contributed by atoms with Crippen molar-refractivity contribution < 1.29 is 14.3 Å². The van der Waals surface area contributed by atoms with Gasteiger partial charge in [-0.05, 0) is 37.6 Å². The first-order valence-corrected chi connectivity index (χ1v) is 6.67. The van der Waals surface area contributed by atoms with Crippen molar-refractivity contribution in [2.24, 2.45) is 5.92 Å². The average Bonchev–Trinajstić information content (AvgIpc) is 2.68. The molecule has 0 aromatic heterocycles. The van der Waals surface area contributed by atoms with E-state index >= 15 is 0 Å². The molecule has 1 amide bonds. The van der Waals surface area contributed by atoms with Gasteiger partial charge in [-0.15, -0.1) is 0 Å². The van der Waals surface area contributed by atoms with Crippen LogP contribution in [-0.2, 0) is 14.3 Å². The van der Waals surface area contributed by atoms with E-state index in [1.165, 1.54) is 4.90 Å². The SMILES string of the molecule is CCOC(=O)C1CC(C)C(=O)N1c1ccc(Cl)cc1. The molecule has 1 fully saturated rings. The molecule has 4 nitrogen and oxygen atoms in total. The first-order chi connectivity index (χ1) is 9.04. The normalized spacial score (nSPS) is 22.7. The van der Waals surface area contributed by atoms with Crippen molar-refractivity contribution in [2.45, 2.75) is 26.3 Å². The number of amides is 1. The summed E-state index contributed by atoms with van der Waals surface area (Å²) in [7, 11) is 0. The van der Waals surface area contributed by atoms with Crippen LogP contribution in [0.3, 0.4) is 0 Å². The monoisotopic (exact) mass is 281 g/mol. The zero-order valence-corrected chi connectivity index (χ0v) is 11.7. The molecule has 102 valence electrons. The number of rotatable bonds is 3. The number of carbonyl (C=O) groups is 2. The van der Waals surface area contributed by atoms with Crippen LogP contribution in [0.1, 0.15) is 20.3 Å². The number of esters is 1. The first-order valence-electron chi connectivity index (χ1n) is 6.30. The Kier molecular flexibility index (Phi) is 4.10. The van der Waals surface area contributed by atoms with Crippen LogP contribution in [0, 0.1) is 5.92 Å². The number of anilines is 1. The smallest absolute Gasteiger partial charge is 0.329 e. The fourth-order valence-corrected chi connectivity index (χ4v) is 2.41. The number of halogens is 1. The van der Waals surface area contributed by atoms with Crippen LogP contribution in [0.4, 0.5) is 5.69 Å². The highest BCUT2D eigenvalue weighted by Gasteiger charge is 2.42. The maximum Gasteiger partial charge on any atom is 0.329 e. The lowest BCUT2D eigenvalue weighted by Gasteiger charge is -2.23. The van der Waals surface area contributed by atoms with Crippen LogP contribution in [0.5, 0.6) is 0 Å². The number of ether oxygens (including phenoxy) is 1. The third kappa shape index (κ3) is 2.73. The molecule has 1 saturated heterocycles. The molecule has 1 aliphatic rings. The molecule has 2 unspecified atom stereocenters. The molecule has 2 rings (SSSR count). The van der Waals surface area contributed by atoms with Crippen LogP contribution >= 0.6 is 11.6 Å². The molecule has 1 aromatic carbocycles. The molecular weight excluding hydrogens is 266 g/mol. The standard InChI is InChI=1S/C14H16ClNO3/c1-3-19-14(18)12-8-9(2)13(17)16(12)11-6-4-10(15)5-7-11/h4-7,9,12H,3,8H2,1-2H3. The summed E-state index contributed by atoms with van der Waals surface area (Å²) in [6.07, 6.45) is 0.486. The molecule has 1 aromatic rings. The molecular formula is C14H16ClNO3. The summed E-state index contributed by atoms with van der Waals surface area (Å²) < 4.78 is 5.04. The lowest BCUT2D eigenvalue weighted by molar-refractivity contribution is -0.144. The Morgan fingerprint density at radius 1 is 1.42 bits per heavy atom. The van der Waals surface area contributed by atoms with Gasteiger partial charge in [0.25, 0.3) is 0 Å². The minimum atomic E-state index is -0.538. The van der Waals surface area contributed by atoms with Crippen molar-refractivity contribution in [1.29, 1.82) is 0 Å². The predicted octanol–water partition coefficient (Wildman–Crippen LogP) is 2.64. The highest BCUT2D eigenvalue weighted by Crippen LogP contribution is 2.31. The molecule has 0 aliphatic carbocycles. The van der Waals surface area contributed by atoms with E-state index in [0.29, 0.717) is 23.7 Å². The summed E-state index contributed by atoms with van der Waals surface area (Å²) in [6.45, 7) is 3.89. The Morgan fingerprint density at radius 3 is 2.63 bits per heavy atom. The third-order valence-electron chi connectivity index (χ3n) is 3.21. The van der Waals surface area contributed by atoms with Gasteiger partial charge in [0, 0.05) is 16.6 Å². The molecule has 0 bridgehead atoms. The van der Waals surface area contributed by atoms with E-state index in [1.54, 1.807) is 31.2 Å². The van der Waals surface area contributed by atoms with Gasteiger partial charge in [0.05, 0.1) is 6.61 Å². The second-order valence-corrected chi connectivity index (χ2v) is 5.03. The van der Waals surface area contributed by atoms with Crippen molar-refractivity contribution in [3.05, 3.63) is 29.3 Å².